The largest absolute Gasteiger partial charge is 0.469 e. The Labute approximate surface area is 188 Å². The van der Waals surface area contributed by atoms with Crippen molar-refractivity contribution in [3.05, 3.63) is 11.9 Å². The number of nitrogens with one attached hydrogen (secondary N) is 1. The highest BCUT2D eigenvalue weighted by Crippen LogP contribution is 2.33. The van der Waals surface area contributed by atoms with Crippen LogP contribution < -0.4 is 10.2 Å². The summed E-state index contributed by atoms with van der Waals surface area (Å²) in [5, 5.41) is 13.3. The lowest BCUT2D eigenvalue weighted by Crippen LogP contribution is -2.46. The molecule has 2 heterocycles. The molecule has 10 heteroatoms. The number of piperidine rings is 1. The Bertz CT molecular complexity index is 761. The van der Waals surface area contributed by atoms with Gasteiger partial charge >= 0.3 is 12.1 Å². The normalized spacial score (nSPS) is 16.0. The highest BCUT2D eigenvalue weighted by Gasteiger charge is 2.32. The van der Waals surface area contributed by atoms with Crippen LogP contribution in [0.2, 0.25) is 0 Å². The van der Waals surface area contributed by atoms with Gasteiger partial charge in [-0.25, -0.2) is 14.8 Å². The lowest BCUT2D eigenvalue weighted by molar-refractivity contribution is -0.140. The van der Waals surface area contributed by atoms with Gasteiger partial charge in [0.1, 0.15) is 16.3 Å². The van der Waals surface area contributed by atoms with Crippen LogP contribution in [0.1, 0.15) is 52.7 Å². The van der Waals surface area contributed by atoms with E-state index in [-0.39, 0.29) is 18.0 Å². The highest BCUT2D eigenvalue weighted by molar-refractivity contribution is 7.99. The number of aromatic nitrogens is 2. The number of amides is 1. The Kier molecular flexibility index (Phi) is 8.93. The Morgan fingerprint density at radius 1 is 1.32 bits per heavy atom. The summed E-state index contributed by atoms with van der Waals surface area (Å²) in [6.45, 7) is 9.53. The Balaban J connectivity index is 1.91. The molecule has 9 nitrogen and oxygen atoms in total. The number of ether oxygens (including phenoxy) is 2. The number of methoxy groups -OCH3 is 1. The average Bonchev–Trinajstić information content (AvgIpc) is 2.71. The van der Waals surface area contributed by atoms with Gasteiger partial charge in [-0.3, -0.25) is 4.79 Å². The van der Waals surface area contributed by atoms with Crippen molar-refractivity contribution in [1.82, 2.24) is 15.3 Å². The average molecular weight is 455 g/mol. The van der Waals surface area contributed by atoms with Gasteiger partial charge in [0.15, 0.2) is 5.82 Å². The molecular formula is C21H34N4O5S. The summed E-state index contributed by atoms with van der Waals surface area (Å²) in [5.74, 6) is 0.956. The summed E-state index contributed by atoms with van der Waals surface area (Å²) in [6, 6.07) is 0. The van der Waals surface area contributed by atoms with Crippen molar-refractivity contribution in [2.75, 3.05) is 37.4 Å². The van der Waals surface area contributed by atoms with Crippen molar-refractivity contribution < 1.29 is 24.2 Å². The second-order valence-electron chi connectivity index (χ2n) is 8.96. The summed E-state index contributed by atoms with van der Waals surface area (Å²) >= 11 is 1.41. The molecule has 2 rings (SSSR count). The number of esters is 1. The third-order valence-corrected chi connectivity index (χ3v) is 5.96. The van der Waals surface area contributed by atoms with E-state index in [2.05, 4.69) is 31.8 Å². The number of rotatable bonds is 8. The summed E-state index contributed by atoms with van der Waals surface area (Å²) in [6.07, 6.45) is 3.30. The molecule has 0 unspecified atom stereocenters. The van der Waals surface area contributed by atoms with Gasteiger partial charge in [0.05, 0.1) is 26.3 Å². The topological polar surface area (TPSA) is 114 Å². The molecule has 0 radical (unpaired) electrons. The van der Waals surface area contributed by atoms with Crippen molar-refractivity contribution in [3.63, 3.8) is 0 Å². The molecule has 31 heavy (non-hydrogen) atoms. The van der Waals surface area contributed by atoms with Crippen LogP contribution in [0, 0.1) is 5.41 Å². The fourth-order valence-electron chi connectivity index (χ4n) is 3.22. The number of aliphatic hydroxyl groups excluding tert-OH is 1. The molecule has 0 saturated carbocycles. The molecule has 1 aliphatic rings. The molecule has 2 N–H and O–H groups in total. The fraction of sp³-hybridized carbons (Fsp3) is 0.714. The van der Waals surface area contributed by atoms with Gasteiger partial charge in [-0.05, 0) is 39.0 Å². The molecule has 1 saturated heterocycles. The van der Waals surface area contributed by atoms with Crippen LogP contribution in [-0.4, -0.2) is 65.2 Å². The molecule has 1 aromatic heterocycles. The van der Waals surface area contributed by atoms with Gasteiger partial charge < -0.3 is 24.8 Å². The zero-order valence-electron chi connectivity index (χ0n) is 19.1. The number of carbonyl (C=O) groups excluding carboxylic acids is 2. The number of aliphatic hydroxyl groups is 1. The van der Waals surface area contributed by atoms with Crippen molar-refractivity contribution >= 4 is 29.6 Å². The highest BCUT2D eigenvalue weighted by atomic mass is 32.2. The molecule has 1 aromatic rings. The van der Waals surface area contributed by atoms with Gasteiger partial charge in [0.25, 0.3) is 0 Å². The van der Waals surface area contributed by atoms with E-state index >= 15 is 0 Å². The third-order valence-electron chi connectivity index (χ3n) is 5.06. The second kappa shape index (κ2) is 11.0. The van der Waals surface area contributed by atoms with E-state index in [4.69, 9.17) is 4.74 Å². The maximum atomic E-state index is 12.0. The first-order valence-electron chi connectivity index (χ1n) is 10.4. The van der Waals surface area contributed by atoms with E-state index in [1.165, 1.54) is 18.9 Å². The zero-order valence-corrected chi connectivity index (χ0v) is 19.9. The molecule has 1 amide bonds. The molecule has 174 valence electrons. The molecule has 0 bridgehead atoms. The smallest absolute Gasteiger partial charge is 0.407 e. The Hall–Kier alpha value is -2.07. The predicted molar refractivity (Wildman–Crippen MR) is 119 cm³/mol. The van der Waals surface area contributed by atoms with Crippen LogP contribution in [-0.2, 0) is 20.9 Å². The van der Waals surface area contributed by atoms with Gasteiger partial charge in [0.2, 0.25) is 0 Å². The lowest BCUT2D eigenvalue weighted by Gasteiger charge is -2.40. The third kappa shape index (κ3) is 8.17. The predicted octanol–water partition coefficient (Wildman–Crippen LogP) is 2.76. The molecule has 0 aliphatic carbocycles. The maximum absolute atomic E-state index is 12.0. The number of alkyl carbamates (subject to hydrolysis) is 1. The standard InChI is InChI=1S/C21H34N4O5S/c1-20(2,3)30-19(28)23-14-21(4)7-9-25(10-8-21)18-15(13-26)24-16(12-22-18)31-11-6-17(27)29-5/h12,26H,6-11,13-14H2,1-5H3,(H,23,28). The first-order chi connectivity index (χ1) is 14.5. The summed E-state index contributed by atoms with van der Waals surface area (Å²) in [7, 11) is 1.36. The van der Waals surface area contributed by atoms with Crippen LogP contribution >= 0.6 is 11.8 Å². The van der Waals surface area contributed by atoms with Crippen LogP contribution in [0.15, 0.2) is 11.2 Å². The lowest BCUT2D eigenvalue weighted by atomic mass is 9.80. The summed E-state index contributed by atoms with van der Waals surface area (Å²) in [4.78, 5) is 34.3. The Morgan fingerprint density at radius 3 is 2.58 bits per heavy atom. The van der Waals surface area contributed by atoms with E-state index in [1.54, 1.807) is 6.20 Å². The number of thioether (sulfide) groups is 1. The van der Waals surface area contributed by atoms with E-state index in [0.29, 0.717) is 35.3 Å². The maximum Gasteiger partial charge on any atom is 0.407 e. The minimum absolute atomic E-state index is 0.0378. The van der Waals surface area contributed by atoms with Crippen LogP contribution in [0.4, 0.5) is 10.6 Å². The van der Waals surface area contributed by atoms with Crippen molar-refractivity contribution in [1.29, 1.82) is 0 Å². The van der Waals surface area contributed by atoms with Crippen LogP contribution in [0.25, 0.3) is 0 Å². The Morgan fingerprint density at radius 2 is 2.00 bits per heavy atom. The van der Waals surface area contributed by atoms with Crippen molar-refractivity contribution in [2.45, 2.75) is 64.2 Å². The fourth-order valence-corrected chi connectivity index (χ4v) is 4.00. The number of nitrogens with zero attached hydrogens (tertiary/aromatic N) is 3. The number of carbonyl (C=O) groups is 2. The van der Waals surface area contributed by atoms with Crippen LogP contribution in [0.5, 0.6) is 0 Å². The monoisotopic (exact) mass is 454 g/mol. The van der Waals surface area contributed by atoms with Crippen LogP contribution in [0.3, 0.4) is 0 Å². The quantitative estimate of drug-likeness (QED) is 0.452. The van der Waals surface area contributed by atoms with Gasteiger partial charge in [0, 0.05) is 25.4 Å². The number of hydrogen-bond acceptors (Lipinski definition) is 9. The van der Waals surface area contributed by atoms with Crippen molar-refractivity contribution in [2.24, 2.45) is 5.41 Å². The molecular weight excluding hydrogens is 420 g/mol. The molecule has 1 aliphatic heterocycles. The number of hydrogen-bond donors (Lipinski definition) is 2. The molecule has 0 atom stereocenters. The first kappa shape index (κ1) is 25.2. The van der Waals surface area contributed by atoms with E-state index < -0.39 is 11.7 Å². The second-order valence-corrected chi connectivity index (χ2v) is 10.1. The first-order valence-corrected chi connectivity index (χ1v) is 11.4. The molecule has 1 fully saturated rings. The number of anilines is 1. The van der Waals surface area contributed by atoms with Gasteiger partial charge in [-0.2, -0.15) is 0 Å². The van der Waals surface area contributed by atoms with Gasteiger partial charge in [-0.1, -0.05) is 6.92 Å². The summed E-state index contributed by atoms with van der Waals surface area (Å²) < 4.78 is 9.95. The van der Waals surface area contributed by atoms with E-state index in [9.17, 15) is 14.7 Å². The summed E-state index contributed by atoms with van der Waals surface area (Å²) in [5.41, 5.74) is -0.0278. The van der Waals surface area contributed by atoms with E-state index in [1.807, 2.05) is 20.8 Å². The minimum atomic E-state index is -0.516. The zero-order chi connectivity index (χ0) is 23.1. The van der Waals surface area contributed by atoms with E-state index in [0.717, 1.165) is 25.9 Å². The molecule has 0 aromatic carbocycles. The SMILES string of the molecule is COC(=O)CCSc1cnc(N2CCC(C)(CNC(=O)OC(C)(C)C)CC2)c(CO)n1. The van der Waals surface area contributed by atoms with Crippen molar-refractivity contribution in [3.8, 4) is 0 Å². The van der Waals surface area contributed by atoms with Gasteiger partial charge in [-0.15, -0.1) is 11.8 Å². The minimum Gasteiger partial charge on any atom is -0.469 e. The molecule has 0 spiro atoms.